The van der Waals surface area contributed by atoms with E-state index in [1.165, 1.54) is 11.1 Å². The minimum atomic E-state index is 0.183. The van der Waals surface area contributed by atoms with Crippen molar-refractivity contribution in [3.8, 4) is 6.07 Å². The molecule has 0 amide bonds. The number of piperidine rings is 1. The highest BCUT2D eigenvalue weighted by molar-refractivity contribution is 5.26. The first-order valence-corrected chi connectivity index (χ1v) is 6.10. The van der Waals surface area contributed by atoms with E-state index >= 15 is 0 Å². The number of aryl methyl sites for hydroxylation is 1. The summed E-state index contributed by atoms with van der Waals surface area (Å²) in [5.74, 6) is 0.465. The first-order valence-electron chi connectivity index (χ1n) is 6.10. The van der Waals surface area contributed by atoms with Gasteiger partial charge in [0, 0.05) is 19.1 Å². The summed E-state index contributed by atoms with van der Waals surface area (Å²) in [5, 5.41) is 8.77. The highest BCUT2D eigenvalue weighted by Crippen LogP contribution is 2.26. The Kier molecular flexibility index (Phi) is 3.78. The van der Waals surface area contributed by atoms with Gasteiger partial charge in [-0.25, -0.2) is 0 Å². The van der Waals surface area contributed by atoms with E-state index in [-0.39, 0.29) is 6.04 Å². The number of benzene rings is 1. The average molecular weight is 229 g/mol. The molecule has 3 heteroatoms. The summed E-state index contributed by atoms with van der Waals surface area (Å²) in [5.41, 5.74) is 8.71. The molecule has 1 aromatic rings. The van der Waals surface area contributed by atoms with Gasteiger partial charge in [-0.2, -0.15) is 5.26 Å². The van der Waals surface area contributed by atoms with Crippen molar-refractivity contribution in [1.29, 1.82) is 5.26 Å². The molecule has 0 saturated carbocycles. The standard InChI is InChI=1S/C14H19N3/c1-11-3-2-4-12(7-11)13-8-14(16)10-17(9-13)6-5-15/h2-4,7,13-14H,6,8-10,16H2,1H3. The first-order chi connectivity index (χ1) is 8.19. The van der Waals surface area contributed by atoms with Crippen LogP contribution in [0.25, 0.3) is 0 Å². The lowest BCUT2D eigenvalue weighted by Gasteiger charge is -2.35. The molecule has 2 atom stereocenters. The van der Waals surface area contributed by atoms with Gasteiger partial charge in [-0.1, -0.05) is 29.8 Å². The minimum absolute atomic E-state index is 0.183. The number of likely N-dealkylation sites (tertiary alicyclic amines) is 1. The van der Waals surface area contributed by atoms with Crippen LogP contribution >= 0.6 is 0 Å². The van der Waals surface area contributed by atoms with E-state index in [0.717, 1.165) is 19.5 Å². The molecule has 2 N–H and O–H groups in total. The topological polar surface area (TPSA) is 53.0 Å². The predicted molar refractivity (Wildman–Crippen MR) is 68.6 cm³/mol. The van der Waals surface area contributed by atoms with E-state index in [4.69, 9.17) is 11.0 Å². The molecule has 0 spiro atoms. The predicted octanol–water partition coefficient (Wildman–Crippen LogP) is 1.64. The van der Waals surface area contributed by atoms with Gasteiger partial charge in [0.05, 0.1) is 12.6 Å². The maximum atomic E-state index is 8.77. The molecule has 1 saturated heterocycles. The van der Waals surface area contributed by atoms with Crippen molar-refractivity contribution in [2.24, 2.45) is 5.73 Å². The lowest BCUT2D eigenvalue weighted by Crippen LogP contribution is -2.46. The number of nitrogens with zero attached hydrogens (tertiary/aromatic N) is 2. The Bertz CT molecular complexity index is 422. The smallest absolute Gasteiger partial charge is 0.0866 e. The maximum absolute atomic E-state index is 8.77. The Balaban J connectivity index is 2.13. The van der Waals surface area contributed by atoms with Crippen LogP contribution in [0.1, 0.15) is 23.5 Å². The second-order valence-electron chi connectivity index (χ2n) is 4.96. The van der Waals surface area contributed by atoms with Crippen molar-refractivity contribution in [1.82, 2.24) is 4.90 Å². The van der Waals surface area contributed by atoms with Crippen LogP contribution in [0.15, 0.2) is 24.3 Å². The maximum Gasteiger partial charge on any atom is 0.0866 e. The van der Waals surface area contributed by atoms with Crippen LogP contribution in [0.5, 0.6) is 0 Å². The fourth-order valence-corrected chi connectivity index (χ4v) is 2.63. The molecule has 3 nitrogen and oxygen atoms in total. The minimum Gasteiger partial charge on any atom is -0.327 e. The van der Waals surface area contributed by atoms with Crippen LogP contribution in [-0.4, -0.2) is 30.6 Å². The van der Waals surface area contributed by atoms with Crippen LogP contribution in [0.2, 0.25) is 0 Å². The number of nitrogens with two attached hydrogens (primary N) is 1. The van der Waals surface area contributed by atoms with E-state index in [9.17, 15) is 0 Å². The quantitative estimate of drug-likeness (QED) is 0.784. The number of hydrogen-bond donors (Lipinski definition) is 1. The van der Waals surface area contributed by atoms with E-state index < -0.39 is 0 Å². The van der Waals surface area contributed by atoms with Crippen molar-refractivity contribution in [2.75, 3.05) is 19.6 Å². The molecule has 0 aliphatic carbocycles. The van der Waals surface area contributed by atoms with Crippen LogP contribution in [0, 0.1) is 18.3 Å². The van der Waals surface area contributed by atoms with Gasteiger partial charge in [0.1, 0.15) is 0 Å². The zero-order valence-electron chi connectivity index (χ0n) is 10.3. The number of hydrogen-bond acceptors (Lipinski definition) is 3. The molecule has 2 rings (SSSR count). The van der Waals surface area contributed by atoms with Crippen molar-refractivity contribution < 1.29 is 0 Å². The van der Waals surface area contributed by atoms with E-state index in [1.807, 2.05) is 0 Å². The highest BCUT2D eigenvalue weighted by atomic mass is 15.1. The van der Waals surface area contributed by atoms with Crippen molar-refractivity contribution >= 4 is 0 Å². The second kappa shape index (κ2) is 5.31. The first kappa shape index (κ1) is 12.1. The van der Waals surface area contributed by atoms with Crippen molar-refractivity contribution in [3.63, 3.8) is 0 Å². The molecular weight excluding hydrogens is 210 g/mol. The molecule has 1 aliphatic rings. The molecule has 0 bridgehead atoms. The van der Waals surface area contributed by atoms with E-state index in [2.05, 4.69) is 42.2 Å². The zero-order valence-corrected chi connectivity index (χ0v) is 10.3. The Labute approximate surface area is 103 Å². The number of rotatable bonds is 2. The summed E-state index contributed by atoms with van der Waals surface area (Å²) in [6.07, 6.45) is 1.02. The normalized spacial score (nSPS) is 25.5. The van der Waals surface area contributed by atoms with Crippen LogP contribution < -0.4 is 5.73 Å². The molecule has 0 aromatic heterocycles. The molecular formula is C14H19N3. The van der Waals surface area contributed by atoms with Gasteiger partial charge in [-0.15, -0.1) is 0 Å². The van der Waals surface area contributed by atoms with E-state index in [0.29, 0.717) is 12.5 Å². The fourth-order valence-electron chi connectivity index (χ4n) is 2.63. The largest absolute Gasteiger partial charge is 0.327 e. The monoisotopic (exact) mass is 229 g/mol. The molecule has 0 radical (unpaired) electrons. The summed E-state index contributed by atoms with van der Waals surface area (Å²) in [7, 11) is 0. The summed E-state index contributed by atoms with van der Waals surface area (Å²) in [4.78, 5) is 2.15. The summed E-state index contributed by atoms with van der Waals surface area (Å²) < 4.78 is 0. The van der Waals surface area contributed by atoms with Gasteiger partial charge in [0.25, 0.3) is 0 Å². The van der Waals surface area contributed by atoms with Crippen LogP contribution in [-0.2, 0) is 0 Å². The van der Waals surface area contributed by atoms with Gasteiger partial charge in [-0.3, -0.25) is 4.90 Å². The summed E-state index contributed by atoms with van der Waals surface area (Å²) in [6.45, 7) is 4.38. The third kappa shape index (κ3) is 3.06. The lowest BCUT2D eigenvalue weighted by molar-refractivity contribution is 0.208. The van der Waals surface area contributed by atoms with Crippen LogP contribution in [0.3, 0.4) is 0 Å². The third-order valence-electron chi connectivity index (χ3n) is 3.37. The molecule has 1 aliphatic heterocycles. The molecule has 1 aromatic carbocycles. The Morgan fingerprint density at radius 3 is 3.00 bits per heavy atom. The Morgan fingerprint density at radius 2 is 2.29 bits per heavy atom. The Morgan fingerprint density at radius 1 is 1.47 bits per heavy atom. The van der Waals surface area contributed by atoms with Gasteiger partial charge in [0.15, 0.2) is 0 Å². The summed E-state index contributed by atoms with van der Waals surface area (Å²) in [6, 6.07) is 11.0. The summed E-state index contributed by atoms with van der Waals surface area (Å²) >= 11 is 0. The molecule has 17 heavy (non-hydrogen) atoms. The van der Waals surface area contributed by atoms with Gasteiger partial charge >= 0.3 is 0 Å². The number of nitriles is 1. The molecule has 2 unspecified atom stereocenters. The third-order valence-corrected chi connectivity index (χ3v) is 3.37. The van der Waals surface area contributed by atoms with Gasteiger partial charge < -0.3 is 5.73 Å². The Hall–Kier alpha value is -1.37. The SMILES string of the molecule is Cc1cccc(C2CC(N)CN(CC#N)C2)c1. The molecule has 1 heterocycles. The highest BCUT2D eigenvalue weighted by Gasteiger charge is 2.25. The van der Waals surface area contributed by atoms with Gasteiger partial charge in [-0.05, 0) is 24.8 Å². The van der Waals surface area contributed by atoms with Crippen molar-refractivity contribution in [3.05, 3.63) is 35.4 Å². The molecule has 1 fully saturated rings. The van der Waals surface area contributed by atoms with E-state index in [1.54, 1.807) is 0 Å². The van der Waals surface area contributed by atoms with Crippen molar-refractivity contribution in [2.45, 2.75) is 25.3 Å². The lowest BCUT2D eigenvalue weighted by atomic mass is 9.88. The van der Waals surface area contributed by atoms with Crippen LogP contribution in [0.4, 0.5) is 0 Å². The molecule has 90 valence electrons. The zero-order chi connectivity index (χ0) is 12.3. The van der Waals surface area contributed by atoms with Gasteiger partial charge in [0.2, 0.25) is 0 Å². The fraction of sp³-hybridized carbons (Fsp3) is 0.500. The average Bonchev–Trinajstić information content (AvgIpc) is 2.28. The second-order valence-corrected chi connectivity index (χ2v) is 4.96.